The van der Waals surface area contributed by atoms with Crippen LogP contribution in [0.4, 0.5) is 0 Å². The largest absolute Gasteiger partial charge is 0.223 e. The normalized spacial score (nSPS) is 25.9. The van der Waals surface area contributed by atoms with Gasteiger partial charge >= 0.3 is 0 Å². The van der Waals surface area contributed by atoms with Crippen molar-refractivity contribution < 1.29 is 8.42 Å². The molecule has 1 aromatic carbocycles. The van der Waals surface area contributed by atoms with Crippen molar-refractivity contribution in [3.63, 3.8) is 0 Å². The van der Waals surface area contributed by atoms with Gasteiger partial charge in [-0.3, -0.25) is 0 Å². The molecule has 0 bridgehead atoms. The van der Waals surface area contributed by atoms with Gasteiger partial charge < -0.3 is 0 Å². The van der Waals surface area contributed by atoms with Crippen LogP contribution in [0.1, 0.15) is 12.8 Å². The van der Waals surface area contributed by atoms with Crippen molar-refractivity contribution in [3.05, 3.63) is 30.3 Å². The fourth-order valence-electron chi connectivity index (χ4n) is 1.91. The monoisotopic (exact) mass is 244 g/mol. The van der Waals surface area contributed by atoms with Gasteiger partial charge in [-0.05, 0) is 30.9 Å². The molecule has 0 spiro atoms. The van der Waals surface area contributed by atoms with Crippen molar-refractivity contribution in [2.24, 2.45) is 5.92 Å². The first-order valence-corrected chi connectivity index (χ1v) is 7.09. The molecule has 15 heavy (non-hydrogen) atoms. The van der Waals surface area contributed by atoms with E-state index in [0.29, 0.717) is 10.8 Å². The molecule has 1 aromatic rings. The highest BCUT2D eigenvalue weighted by atomic mass is 35.5. The quantitative estimate of drug-likeness (QED) is 0.766. The van der Waals surface area contributed by atoms with Crippen LogP contribution < -0.4 is 0 Å². The summed E-state index contributed by atoms with van der Waals surface area (Å²) < 4.78 is 24.3. The lowest BCUT2D eigenvalue weighted by Gasteiger charge is -2.34. The van der Waals surface area contributed by atoms with E-state index in [1.165, 1.54) is 0 Å². The molecule has 4 heteroatoms. The fourth-order valence-corrected chi connectivity index (χ4v) is 4.45. The Morgan fingerprint density at radius 3 is 2.33 bits per heavy atom. The molecule has 0 N–H and O–H groups in total. The predicted molar refractivity (Wildman–Crippen MR) is 60.9 cm³/mol. The molecule has 1 aliphatic rings. The molecule has 2 rings (SSSR count). The Balaban J connectivity index is 2.28. The maximum atomic E-state index is 12.1. The van der Waals surface area contributed by atoms with E-state index in [1.54, 1.807) is 24.3 Å². The molecule has 1 aliphatic carbocycles. The van der Waals surface area contributed by atoms with Crippen molar-refractivity contribution >= 4 is 21.4 Å². The zero-order valence-corrected chi connectivity index (χ0v) is 9.84. The molecule has 2 unspecified atom stereocenters. The lowest BCUT2D eigenvalue weighted by Crippen LogP contribution is -2.39. The van der Waals surface area contributed by atoms with Crippen LogP contribution in [0.2, 0.25) is 0 Å². The molecule has 0 aromatic heterocycles. The predicted octanol–water partition coefficient (Wildman–Crippen LogP) is 2.48. The summed E-state index contributed by atoms with van der Waals surface area (Å²) in [6.45, 7) is 0. The van der Waals surface area contributed by atoms with Gasteiger partial charge in [0.1, 0.15) is 0 Å². The number of alkyl halides is 1. The second-order valence-electron chi connectivity index (χ2n) is 3.89. The van der Waals surface area contributed by atoms with Crippen molar-refractivity contribution in [3.8, 4) is 0 Å². The van der Waals surface area contributed by atoms with E-state index in [0.717, 1.165) is 12.8 Å². The minimum atomic E-state index is -3.15. The summed E-state index contributed by atoms with van der Waals surface area (Å²) in [5.41, 5.74) is 0. The Labute approximate surface area is 95.2 Å². The van der Waals surface area contributed by atoms with Crippen LogP contribution in [0.15, 0.2) is 35.2 Å². The molecular formula is C11H13ClO2S. The minimum absolute atomic E-state index is 0.136. The molecule has 82 valence electrons. The molecule has 0 amide bonds. The number of hydrogen-bond acceptors (Lipinski definition) is 2. The first-order chi connectivity index (χ1) is 7.16. The van der Waals surface area contributed by atoms with Crippen LogP contribution in [0.5, 0.6) is 0 Å². The fraction of sp³-hybridized carbons (Fsp3) is 0.455. The first-order valence-electron chi connectivity index (χ1n) is 5.01. The molecule has 0 aliphatic heterocycles. The third-order valence-corrected chi connectivity index (χ3v) is 5.76. The summed E-state index contributed by atoms with van der Waals surface area (Å²) in [4.78, 5) is 0.421. The highest BCUT2D eigenvalue weighted by Crippen LogP contribution is 2.37. The SMILES string of the molecule is O=S(=O)(c1ccccc1)C1CCC1CCl. The van der Waals surface area contributed by atoms with E-state index in [9.17, 15) is 8.42 Å². The van der Waals surface area contributed by atoms with Crippen LogP contribution in [0.25, 0.3) is 0 Å². The van der Waals surface area contributed by atoms with E-state index in [2.05, 4.69) is 0 Å². The van der Waals surface area contributed by atoms with E-state index in [1.807, 2.05) is 6.07 Å². The summed E-state index contributed by atoms with van der Waals surface area (Å²) in [6, 6.07) is 8.62. The second-order valence-corrected chi connectivity index (χ2v) is 6.36. The van der Waals surface area contributed by atoms with Crippen molar-refractivity contribution in [2.45, 2.75) is 23.0 Å². The number of rotatable bonds is 3. The maximum Gasteiger partial charge on any atom is 0.181 e. The van der Waals surface area contributed by atoms with Gasteiger partial charge in [-0.15, -0.1) is 11.6 Å². The van der Waals surface area contributed by atoms with Crippen molar-refractivity contribution in [1.29, 1.82) is 0 Å². The Hall–Kier alpha value is -0.540. The Morgan fingerprint density at radius 1 is 1.20 bits per heavy atom. The van der Waals surface area contributed by atoms with Gasteiger partial charge in [0.25, 0.3) is 0 Å². The second kappa shape index (κ2) is 4.14. The van der Waals surface area contributed by atoms with Gasteiger partial charge in [-0.2, -0.15) is 0 Å². The maximum absolute atomic E-state index is 12.1. The smallest absolute Gasteiger partial charge is 0.181 e. The molecule has 2 nitrogen and oxygen atoms in total. The third kappa shape index (κ3) is 1.91. The molecule has 0 radical (unpaired) electrons. The average molecular weight is 245 g/mol. The first kappa shape index (κ1) is 11.0. The molecular weight excluding hydrogens is 232 g/mol. The van der Waals surface area contributed by atoms with E-state index >= 15 is 0 Å². The summed E-state index contributed by atoms with van der Waals surface area (Å²) in [5.74, 6) is 0.577. The van der Waals surface area contributed by atoms with Gasteiger partial charge in [0, 0.05) is 5.88 Å². The van der Waals surface area contributed by atoms with E-state index in [4.69, 9.17) is 11.6 Å². The average Bonchev–Trinajstić information content (AvgIpc) is 2.17. The molecule has 1 saturated carbocycles. The lowest BCUT2D eigenvalue weighted by atomic mass is 9.86. The summed E-state index contributed by atoms with van der Waals surface area (Å²) >= 11 is 5.73. The third-order valence-electron chi connectivity index (χ3n) is 3.02. The number of benzene rings is 1. The Morgan fingerprint density at radius 2 is 1.87 bits per heavy atom. The van der Waals surface area contributed by atoms with Crippen LogP contribution >= 0.6 is 11.6 Å². The van der Waals surface area contributed by atoms with Gasteiger partial charge in [0.05, 0.1) is 10.1 Å². The summed E-state index contributed by atoms with van der Waals surface area (Å²) in [7, 11) is -3.15. The zero-order valence-electron chi connectivity index (χ0n) is 8.27. The number of halogens is 1. The van der Waals surface area contributed by atoms with Gasteiger partial charge in [-0.25, -0.2) is 8.42 Å². The van der Waals surface area contributed by atoms with Gasteiger partial charge in [-0.1, -0.05) is 18.2 Å². The van der Waals surface area contributed by atoms with E-state index in [-0.39, 0.29) is 11.2 Å². The van der Waals surface area contributed by atoms with Gasteiger partial charge in [0.2, 0.25) is 0 Å². The molecule has 1 fully saturated rings. The Kier molecular flexibility index (Phi) is 3.03. The van der Waals surface area contributed by atoms with Crippen LogP contribution in [0, 0.1) is 5.92 Å². The molecule has 0 saturated heterocycles. The zero-order chi connectivity index (χ0) is 10.9. The summed E-state index contributed by atoms with van der Waals surface area (Å²) in [5, 5.41) is -0.266. The van der Waals surface area contributed by atoms with E-state index < -0.39 is 9.84 Å². The minimum Gasteiger partial charge on any atom is -0.223 e. The highest BCUT2D eigenvalue weighted by molar-refractivity contribution is 7.92. The van der Waals surface area contributed by atoms with Gasteiger partial charge in [0.15, 0.2) is 9.84 Å². The summed E-state index contributed by atoms with van der Waals surface area (Å²) in [6.07, 6.45) is 1.68. The standard InChI is InChI=1S/C11H13ClO2S/c12-8-9-6-7-11(9)15(13,14)10-4-2-1-3-5-10/h1-5,9,11H,6-8H2. The van der Waals surface area contributed by atoms with Crippen molar-refractivity contribution in [1.82, 2.24) is 0 Å². The Bertz CT molecular complexity index is 425. The van der Waals surface area contributed by atoms with Crippen LogP contribution in [-0.4, -0.2) is 19.5 Å². The van der Waals surface area contributed by atoms with Crippen molar-refractivity contribution in [2.75, 3.05) is 5.88 Å². The van der Waals surface area contributed by atoms with Crippen LogP contribution in [-0.2, 0) is 9.84 Å². The highest BCUT2D eigenvalue weighted by Gasteiger charge is 2.40. The molecule has 2 atom stereocenters. The van der Waals surface area contributed by atoms with Crippen LogP contribution in [0.3, 0.4) is 0 Å². The molecule has 0 heterocycles. The number of hydrogen-bond donors (Lipinski definition) is 0. The topological polar surface area (TPSA) is 34.1 Å². The number of sulfone groups is 1. The lowest BCUT2D eigenvalue weighted by molar-refractivity contribution is 0.348.